The van der Waals surface area contributed by atoms with Gasteiger partial charge < -0.3 is 15.8 Å². The lowest BCUT2D eigenvalue weighted by atomic mass is 10.2. The highest BCUT2D eigenvalue weighted by Crippen LogP contribution is 2.10. The van der Waals surface area contributed by atoms with Crippen molar-refractivity contribution in [1.29, 1.82) is 0 Å². The lowest BCUT2D eigenvalue weighted by Gasteiger charge is -2.34. The zero-order chi connectivity index (χ0) is 12.9. The molecule has 0 aromatic rings. The van der Waals surface area contributed by atoms with Gasteiger partial charge in [0.1, 0.15) is 0 Å². The highest BCUT2D eigenvalue weighted by Gasteiger charge is 2.30. The van der Waals surface area contributed by atoms with Crippen LogP contribution in [0.25, 0.3) is 0 Å². The van der Waals surface area contributed by atoms with Crippen molar-refractivity contribution in [3.05, 3.63) is 0 Å². The number of hydrogen-bond acceptors (Lipinski definition) is 5. The normalized spacial score (nSPS) is 23.2. The van der Waals surface area contributed by atoms with Crippen LogP contribution in [0.1, 0.15) is 13.8 Å². The molecular weight excluding hydrogens is 242 g/mol. The minimum absolute atomic E-state index is 0.0294. The second-order valence-electron chi connectivity index (χ2n) is 4.44. The van der Waals surface area contributed by atoms with Crippen LogP contribution in [-0.4, -0.2) is 63.4 Å². The number of rotatable bonds is 6. The smallest absolute Gasteiger partial charge is 0.216 e. The summed E-state index contributed by atoms with van der Waals surface area (Å²) in [5, 5.41) is 3.14. The van der Waals surface area contributed by atoms with Crippen LogP contribution in [0.5, 0.6) is 0 Å². The minimum Gasteiger partial charge on any atom is -0.378 e. The molecule has 0 radical (unpaired) electrons. The average molecular weight is 265 g/mol. The Labute approximate surface area is 104 Å². The van der Waals surface area contributed by atoms with Crippen molar-refractivity contribution >= 4 is 10.0 Å². The number of piperazine rings is 1. The zero-order valence-electron chi connectivity index (χ0n) is 10.6. The van der Waals surface area contributed by atoms with Crippen molar-refractivity contribution in [2.75, 3.05) is 38.5 Å². The highest BCUT2D eigenvalue weighted by molar-refractivity contribution is 7.89. The Balaban J connectivity index is 2.55. The molecule has 0 aliphatic carbocycles. The van der Waals surface area contributed by atoms with Gasteiger partial charge in [-0.3, -0.25) is 0 Å². The van der Waals surface area contributed by atoms with Gasteiger partial charge in [0, 0.05) is 32.2 Å². The topological polar surface area (TPSA) is 84.7 Å². The molecule has 0 aromatic heterocycles. The van der Waals surface area contributed by atoms with Gasteiger partial charge in [0.2, 0.25) is 10.0 Å². The summed E-state index contributed by atoms with van der Waals surface area (Å²) in [6.45, 7) is 6.16. The number of nitrogens with two attached hydrogens (primary N) is 1. The average Bonchev–Trinajstić information content (AvgIpc) is 2.28. The molecule has 1 heterocycles. The number of nitrogens with one attached hydrogen (secondary N) is 1. The number of nitrogens with zero attached hydrogens (tertiary/aromatic N) is 1. The van der Waals surface area contributed by atoms with Crippen molar-refractivity contribution in [2.24, 2.45) is 5.73 Å². The first-order chi connectivity index (χ1) is 7.97. The summed E-state index contributed by atoms with van der Waals surface area (Å²) in [7, 11) is -3.25. The van der Waals surface area contributed by atoms with Crippen molar-refractivity contribution in [2.45, 2.75) is 26.0 Å². The van der Waals surface area contributed by atoms with Crippen LogP contribution < -0.4 is 11.1 Å². The van der Waals surface area contributed by atoms with Crippen LogP contribution in [-0.2, 0) is 14.8 Å². The first-order valence-electron chi connectivity index (χ1n) is 5.99. The van der Waals surface area contributed by atoms with E-state index in [1.807, 2.05) is 13.8 Å². The Bertz CT molecular complexity index is 319. The maximum absolute atomic E-state index is 12.1. The lowest BCUT2D eigenvalue weighted by molar-refractivity contribution is 0.0903. The van der Waals surface area contributed by atoms with E-state index in [4.69, 9.17) is 10.5 Å². The van der Waals surface area contributed by atoms with E-state index in [0.717, 1.165) is 0 Å². The third-order valence-corrected chi connectivity index (χ3v) is 4.60. The summed E-state index contributed by atoms with van der Waals surface area (Å²) in [5.41, 5.74) is 5.59. The Morgan fingerprint density at radius 3 is 2.82 bits per heavy atom. The third kappa shape index (κ3) is 4.51. The molecule has 0 bridgehead atoms. The molecule has 102 valence electrons. The standard InChI is InChI=1S/C10H23N3O3S/c1-9(2)16-5-6-17(14,15)13-4-3-12-8-10(13)7-11/h9-10,12H,3-8,11H2,1-2H3. The van der Waals surface area contributed by atoms with Gasteiger partial charge in [-0.2, -0.15) is 4.31 Å². The molecule has 1 unspecified atom stereocenters. The van der Waals surface area contributed by atoms with Gasteiger partial charge in [0.25, 0.3) is 0 Å². The molecule has 1 aliphatic heterocycles. The fourth-order valence-electron chi connectivity index (χ4n) is 1.82. The van der Waals surface area contributed by atoms with Gasteiger partial charge in [0.15, 0.2) is 0 Å². The molecule has 17 heavy (non-hydrogen) atoms. The molecule has 0 aromatic carbocycles. The molecule has 6 nitrogen and oxygen atoms in total. The molecule has 0 spiro atoms. The summed E-state index contributed by atoms with van der Waals surface area (Å²) in [5.74, 6) is 0.0294. The second-order valence-corrected chi connectivity index (χ2v) is 6.48. The monoisotopic (exact) mass is 265 g/mol. The zero-order valence-corrected chi connectivity index (χ0v) is 11.4. The molecule has 1 saturated heterocycles. The Hall–Kier alpha value is -0.210. The van der Waals surface area contributed by atoms with Crippen LogP contribution in [0.4, 0.5) is 0 Å². The van der Waals surface area contributed by atoms with E-state index in [9.17, 15) is 8.42 Å². The molecule has 3 N–H and O–H groups in total. The number of sulfonamides is 1. The summed E-state index contributed by atoms with van der Waals surface area (Å²) in [4.78, 5) is 0. The molecule has 1 rings (SSSR count). The number of hydrogen-bond donors (Lipinski definition) is 2. The fraction of sp³-hybridized carbons (Fsp3) is 1.00. The fourth-order valence-corrected chi connectivity index (χ4v) is 3.34. The Morgan fingerprint density at radius 2 is 2.24 bits per heavy atom. The van der Waals surface area contributed by atoms with Gasteiger partial charge in [-0.05, 0) is 13.8 Å². The van der Waals surface area contributed by atoms with E-state index in [0.29, 0.717) is 26.2 Å². The third-order valence-electron chi connectivity index (χ3n) is 2.72. The largest absolute Gasteiger partial charge is 0.378 e. The van der Waals surface area contributed by atoms with Gasteiger partial charge in [-0.1, -0.05) is 0 Å². The Kier molecular flexibility index (Phi) is 5.81. The van der Waals surface area contributed by atoms with E-state index in [1.54, 1.807) is 0 Å². The predicted octanol–water partition coefficient (Wildman–Crippen LogP) is -1.03. The molecule has 0 saturated carbocycles. The molecule has 7 heteroatoms. The molecule has 1 aliphatic rings. The Morgan fingerprint density at radius 1 is 1.53 bits per heavy atom. The van der Waals surface area contributed by atoms with E-state index in [-0.39, 0.29) is 24.5 Å². The summed E-state index contributed by atoms with van der Waals surface area (Å²) in [6, 6.07) is -0.132. The van der Waals surface area contributed by atoms with Crippen molar-refractivity contribution in [1.82, 2.24) is 9.62 Å². The summed E-state index contributed by atoms with van der Waals surface area (Å²) >= 11 is 0. The van der Waals surface area contributed by atoms with Crippen LogP contribution in [0.3, 0.4) is 0 Å². The van der Waals surface area contributed by atoms with Crippen LogP contribution in [0.2, 0.25) is 0 Å². The minimum atomic E-state index is -3.25. The maximum Gasteiger partial charge on any atom is 0.216 e. The van der Waals surface area contributed by atoms with E-state index < -0.39 is 10.0 Å². The van der Waals surface area contributed by atoms with E-state index in [1.165, 1.54) is 4.31 Å². The van der Waals surface area contributed by atoms with Gasteiger partial charge >= 0.3 is 0 Å². The highest BCUT2D eigenvalue weighted by atomic mass is 32.2. The maximum atomic E-state index is 12.1. The van der Waals surface area contributed by atoms with Gasteiger partial charge in [-0.15, -0.1) is 0 Å². The second kappa shape index (κ2) is 6.65. The molecular formula is C10H23N3O3S. The molecule has 1 atom stereocenters. The van der Waals surface area contributed by atoms with Crippen molar-refractivity contribution in [3.8, 4) is 0 Å². The lowest BCUT2D eigenvalue weighted by Crippen LogP contribution is -2.57. The van der Waals surface area contributed by atoms with Crippen molar-refractivity contribution in [3.63, 3.8) is 0 Å². The number of ether oxygens (including phenoxy) is 1. The first-order valence-corrected chi connectivity index (χ1v) is 7.60. The van der Waals surface area contributed by atoms with Gasteiger partial charge in [-0.25, -0.2) is 8.42 Å². The molecule has 1 fully saturated rings. The van der Waals surface area contributed by atoms with Gasteiger partial charge in [0.05, 0.1) is 18.5 Å². The summed E-state index contributed by atoms with van der Waals surface area (Å²) in [6.07, 6.45) is 0.0542. The van der Waals surface area contributed by atoms with Crippen molar-refractivity contribution < 1.29 is 13.2 Å². The SMILES string of the molecule is CC(C)OCCS(=O)(=O)N1CCNCC1CN. The van der Waals surface area contributed by atoms with Crippen LogP contribution >= 0.6 is 0 Å². The van der Waals surface area contributed by atoms with E-state index in [2.05, 4.69) is 5.32 Å². The quantitative estimate of drug-likeness (QED) is 0.642. The molecule has 0 amide bonds. The van der Waals surface area contributed by atoms with Crippen LogP contribution in [0, 0.1) is 0 Å². The van der Waals surface area contributed by atoms with Crippen LogP contribution in [0.15, 0.2) is 0 Å². The predicted molar refractivity (Wildman–Crippen MR) is 67.3 cm³/mol. The summed E-state index contributed by atoms with van der Waals surface area (Å²) < 4.78 is 31.0. The first kappa shape index (κ1) is 14.8. The van der Waals surface area contributed by atoms with E-state index >= 15 is 0 Å².